The Bertz CT molecular complexity index is 1170. The summed E-state index contributed by atoms with van der Waals surface area (Å²) in [5.74, 6) is -1.29. The van der Waals surface area contributed by atoms with Gasteiger partial charge < -0.3 is 16.0 Å². The Balaban J connectivity index is 1.32. The first kappa shape index (κ1) is 24.4. The molecule has 3 aromatic carbocycles. The van der Waals surface area contributed by atoms with Crippen LogP contribution in [0, 0.1) is 5.82 Å². The Kier molecular flexibility index (Phi) is 7.77. The van der Waals surface area contributed by atoms with Crippen LogP contribution in [0.25, 0.3) is 0 Å². The molecule has 6 nitrogen and oxygen atoms in total. The van der Waals surface area contributed by atoms with Gasteiger partial charge in [-0.2, -0.15) is 0 Å². The van der Waals surface area contributed by atoms with Crippen molar-refractivity contribution in [1.29, 1.82) is 0 Å². The van der Waals surface area contributed by atoms with Crippen molar-refractivity contribution in [1.82, 2.24) is 10.6 Å². The van der Waals surface area contributed by atoms with Crippen LogP contribution in [-0.2, 0) is 9.59 Å². The molecule has 0 saturated heterocycles. The van der Waals surface area contributed by atoms with Crippen LogP contribution in [0.15, 0.2) is 72.8 Å². The molecule has 0 fully saturated rings. The predicted molar refractivity (Wildman–Crippen MR) is 133 cm³/mol. The largest absolute Gasteiger partial charge is 0.356 e. The molecule has 3 amide bonds. The third kappa shape index (κ3) is 6.25. The van der Waals surface area contributed by atoms with Crippen LogP contribution in [0.5, 0.6) is 0 Å². The average Bonchev–Trinajstić information content (AvgIpc) is 2.97. The molecular formula is C27H25ClFN3O3. The molecule has 0 aromatic heterocycles. The molecule has 35 heavy (non-hydrogen) atoms. The molecule has 2 atom stereocenters. The predicted octanol–water partition coefficient (Wildman–Crippen LogP) is 4.65. The first-order chi connectivity index (χ1) is 16.9. The van der Waals surface area contributed by atoms with Crippen LogP contribution in [0.4, 0.5) is 10.1 Å². The highest BCUT2D eigenvalue weighted by Crippen LogP contribution is 2.29. The van der Waals surface area contributed by atoms with E-state index in [0.717, 1.165) is 11.1 Å². The number of halogens is 2. The molecule has 3 aromatic rings. The molecule has 0 saturated carbocycles. The second-order valence-corrected chi connectivity index (χ2v) is 8.83. The summed E-state index contributed by atoms with van der Waals surface area (Å²) in [7, 11) is 0. The number of rotatable bonds is 8. The fraction of sp³-hybridized carbons (Fsp3) is 0.222. The van der Waals surface area contributed by atoms with Crippen molar-refractivity contribution < 1.29 is 18.8 Å². The lowest BCUT2D eigenvalue weighted by Crippen LogP contribution is -2.42. The molecule has 180 valence electrons. The van der Waals surface area contributed by atoms with Crippen molar-refractivity contribution in [3.05, 3.63) is 100 Å². The smallest absolute Gasteiger partial charge is 0.254 e. The Morgan fingerprint density at radius 3 is 2.34 bits per heavy atom. The maximum absolute atomic E-state index is 13.4. The molecule has 4 rings (SSSR count). The van der Waals surface area contributed by atoms with Gasteiger partial charge in [-0.25, -0.2) is 4.39 Å². The highest BCUT2D eigenvalue weighted by atomic mass is 35.5. The average molecular weight is 494 g/mol. The zero-order valence-electron chi connectivity index (χ0n) is 18.9. The van der Waals surface area contributed by atoms with E-state index in [-0.39, 0.29) is 42.3 Å². The van der Waals surface area contributed by atoms with E-state index in [2.05, 4.69) is 16.0 Å². The van der Waals surface area contributed by atoms with E-state index < -0.39 is 6.04 Å². The lowest BCUT2D eigenvalue weighted by molar-refractivity contribution is -0.121. The Morgan fingerprint density at radius 2 is 1.63 bits per heavy atom. The van der Waals surface area contributed by atoms with Gasteiger partial charge >= 0.3 is 0 Å². The number of nitrogens with one attached hydrogen (secondary N) is 3. The number of benzene rings is 3. The fourth-order valence-electron chi connectivity index (χ4n) is 4.15. The topological polar surface area (TPSA) is 87.3 Å². The minimum atomic E-state index is -0.804. The molecule has 1 aliphatic heterocycles. The lowest BCUT2D eigenvalue weighted by atomic mass is 9.88. The van der Waals surface area contributed by atoms with Gasteiger partial charge in [-0.3, -0.25) is 14.4 Å². The number of para-hydroxylation sites is 1. The Labute approximate surface area is 207 Å². The number of fused-ring (bicyclic) bond motifs is 1. The first-order valence-corrected chi connectivity index (χ1v) is 11.8. The van der Waals surface area contributed by atoms with Gasteiger partial charge in [0.2, 0.25) is 11.8 Å². The zero-order chi connectivity index (χ0) is 24.8. The highest BCUT2D eigenvalue weighted by molar-refractivity contribution is 6.30. The summed E-state index contributed by atoms with van der Waals surface area (Å²) in [4.78, 5) is 37.4. The summed E-state index contributed by atoms with van der Waals surface area (Å²) in [5.41, 5.74) is 2.78. The molecule has 3 N–H and O–H groups in total. The van der Waals surface area contributed by atoms with Crippen molar-refractivity contribution in [3.8, 4) is 0 Å². The maximum Gasteiger partial charge on any atom is 0.254 e. The van der Waals surface area contributed by atoms with Crippen LogP contribution in [0.2, 0.25) is 5.02 Å². The molecule has 8 heteroatoms. The number of hydrogen-bond acceptors (Lipinski definition) is 3. The van der Waals surface area contributed by atoms with Gasteiger partial charge in [0.1, 0.15) is 11.9 Å². The highest BCUT2D eigenvalue weighted by Gasteiger charge is 2.27. The third-order valence-electron chi connectivity index (χ3n) is 6.01. The zero-order valence-corrected chi connectivity index (χ0v) is 19.6. The van der Waals surface area contributed by atoms with E-state index in [4.69, 9.17) is 11.6 Å². The Hall–Kier alpha value is -3.71. The summed E-state index contributed by atoms with van der Waals surface area (Å²) >= 11 is 6.02. The summed E-state index contributed by atoms with van der Waals surface area (Å²) in [5, 5.41) is 8.95. The SMILES string of the molecule is O=C(CCC1NC(=O)c2ccccc2NC1=O)NCCC(c1ccc(F)cc1)c1ccc(Cl)cc1. The Morgan fingerprint density at radius 1 is 0.971 bits per heavy atom. The van der Waals surface area contributed by atoms with Gasteiger partial charge in [0, 0.05) is 23.9 Å². The van der Waals surface area contributed by atoms with Crippen molar-refractivity contribution in [2.75, 3.05) is 11.9 Å². The summed E-state index contributed by atoms with van der Waals surface area (Å²) < 4.78 is 13.4. The van der Waals surface area contributed by atoms with E-state index in [1.54, 1.807) is 48.5 Å². The molecule has 0 spiro atoms. The first-order valence-electron chi connectivity index (χ1n) is 11.4. The van der Waals surface area contributed by atoms with Crippen LogP contribution < -0.4 is 16.0 Å². The molecule has 0 radical (unpaired) electrons. The molecular weight excluding hydrogens is 469 g/mol. The van der Waals surface area contributed by atoms with E-state index in [9.17, 15) is 18.8 Å². The fourth-order valence-corrected chi connectivity index (χ4v) is 4.28. The quantitative estimate of drug-likeness (QED) is 0.427. The van der Waals surface area contributed by atoms with Crippen molar-refractivity contribution in [3.63, 3.8) is 0 Å². The summed E-state index contributed by atoms with van der Waals surface area (Å²) in [6, 6.07) is 19.7. The molecule has 1 heterocycles. The number of hydrogen-bond donors (Lipinski definition) is 3. The summed E-state index contributed by atoms with van der Waals surface area (Å²) in [6.07, 6.45) is 0.849. The van der Waals surface area contributed by atoms with Crippen LogP contribution >= 0.6 is 11.6 Å². The minimum absolute atomic E-state index is 0.0569. The van der Waals surface area contributed by atoms with Gasteiger partial charge in [-0.05, 0) is 60.4 Å². The van der Waals surface area contributed by atoms with E-state index in [1.165, 1.54) is 12.1 Å². The second kappa shape index (κ2) is 11.1. The van der Waals surface area contributed by atoms with Crippen molar-refractivity contribution >= 4 is 35.0 Å². The standard InChI is InChI=1S/C27H25ClFN3O3/c28-19-9-5-17(6-10-19)21(18-7-11-20(29)12-8-18)15-16-30-25(33)14-13-24-27(35)31-23-4-2-1-3-22(23)26(34)32-24/h1-12,21,24H,13-16H2,(H,30,33)(H,31,35)(H,32,34). The van der Waals surface area contributed by atoms with Gasteiger partial charge in [0.15, 0.2) is 0 Å². The van der Waals surface area contributed by atoms with Gasteiger partial charge in [-0.1, -0.05) is 48.0 Å². The maximum atomic E-state index is 13.4. The lowest BCUT2D eigenvalue weighted by Gasteiger charge is -2.19. The molecule has 2 unspecified atom stereocenters. The molecule has 0 aliphatic carbocycles. The van der Waals surface area contributed by atoms with E-state index in [0.29, 0.717) is 29.2 Å². The van der Waals surface area contributed by atoms with E-state index >= 15 is 0 Å². The normalized spacial score (nSPS) is 15.9. The van der Waals surface area contributed by atoms with Crippen molar-refractivity contribution in [2.45, 2.75) is 31.2 Å². The second-order valence-electron chi connectivity index (χ2n) is 8.39. The van der Waals surface area contributed by atoms with Crippen LogP contribution in [0.1, 0.15) is 46.7 Å². The van der Waals surface area contributed by atoms with Gasteiger partial charge in [0.05, 0.1) is 11.3 Å². The van der Waals surface area contributed by atoms with Crippen LogP contribution in [0.3, 0.4) is 0 Å². The van der Waals surface area contributed by atoms with Crippen LogP contribution in [-0.4, -0.2) is 30.3 Å². The van der Waals surface area contributed by atoms with Crippen molar-refractivity contribution in [2.24, 2.45) is 0 Å². The monoisotopic (exact) mass is 493 g/mol. The van der Waals surface area contributed by atoms with Gasteiger partial charge in [0.25, 0.3) is 5.91 Å². The number of carbonyl (C=O) groups excluding carboxylic acids is 3. The minimum Gasteiger partial charge on any atom is -0.356 e. The van der Waals surface area contributed by atoms with E-state index in [1.807, 2.05) is 12.1 Å². The number of carbonyl (C=O) groups is 3. The number of amides is 3. The van der Waals surface area contributed by atoms with Gasteiger partial charge in [-0.15, -0.1) is 0 Å². The number of anilines is 1. The molecule has 1 aliphatic rings. The third-order valence-corrected chi connectivity index (χ3v) is 6.26. The summed E-state index contributed by atoms with van der Waals surface area (Å²) in [6.45, 7) is 0.387. The molecule has 0 bridgehead atoms.